The molecule has 0 saturated heterocycles. The molecule has 0 aliphatic rings. The number of hydrogen-bond acceptors (Lipinski definition) is 3. The number of aromatic nitrogens is 2. The summed E-state index contributed by atoms with van der Waals surface area (Å²) in [5, 5.41) is 0. The van der Waals surface area contributed by atoms with E-state index in [1.165, 1.54) is 19.1 Å². The lowest BCUT2D eigenvalue weighted by molar-refractivity contribution is 0.100. The molecule has 0 atom stereocenters. The first-order valence-electron chi connectivity index (χ1n) is 8.63. The van der Waals surface area contributed by atoms with Crippen LogP contribution in [0.1, 0.15) is 35.0 Å². The molecule has 0 radical (unpaired) electrons. The number of rotatable bonds is 5. The second-order valence-electron chi connectivity index (χ2n) is 6.32. The average molecular weight is 367 g/mol. The fraction of sp³-hybridized carbons (Fsp3) is 0.190. The van der Waals surface area contributed by atoms with E-state index in [0.29, 0.717) is 28.1 Å². The monoisotopic (exact) mass is 367 g/mol. The smallest absolute Gasteiger partial charge is 0.248 e. The summed E-state index contributed by atoms with van der Waals surface area (Å²) < 4.78 is 28.1. The molecule has 0 aliphatic heterocycles. The summed E-state index contributed by atoms with van der Waals surface area (Å²) in [6.45, 7) is 3.41. The Kier molecular flexibility index (Phi) is 5.26. The van der Waals surface area contributed by atoms with E-state index in [0.717, 1.165) is 18.5 Å². The van der Waals surface area contributed by atoms with Crippen molar-refractivity contribution in [2.24, 2.45) is 5.73 Å². The van der Waals surface area contributed by atoms with Crippen LogP contribution in [0.3, 0.4) is 0 Å². The summed E-state index contributed by atoms with van der Waals surface area (Å²) >= 11 is 0. The van der Waals surface area contributed by atoms with Gasteiger partial charge in [-0.1, -0.05) is 25.5 Å². The molecule has 0 spiro atoms. The Bertz CT molecular complexity index is 978. The summed E-state index contributed by atoms with van der Waals surface area (Å²) in [6, 6.07) is 9.08. The molecule has 0 aliphatic carbocycles. The van der Waals surface area contributed by atoms with Crippen LogP contribution in [-0.4, -0.2) is 15.9 Å². The van der Waals surface area contributed by atoms with Crippen molar-refractivity contribution in [3.8, 4) is 22.5 Å². The number of nitrogens with two attached hydrogens (primary N) is 1. The standard InChI is InChI=1S/C21H19F2N3O/c1-3-4-16-11-25-19(15-9-17(22)12(2)18(23)10-15)20(26-16)13-5-7-14(8-6-13)21(24)27/h5-11H,3-4H2,1-2H3,(H2,24,27). The highest BCUT2D eigenvalue weighted by molar-refractivity contribution is 5.93. The van der Waals surface area contributed by atoms with E-state index in [1.54, 1.807) is 30.5 Å². The number of aryl methyl sites for hydroxylation is 1. The van der Waals surface area contributed by atoms with Crippen molar-refractivity contribution in [3.05, 3.63) is 71.1 Å². The average Bonchev–Trinajstić information content (AvgIpc) is 2.66. The van der Waals surface area contributed by atoms with Crippen molar-refractivity contribution in [1.29, 1.82) is 0 Å². The lowest BCUT2D eigenvalue weighted by atomic mass is 10.0. The van der Waals surface area contributed by atoms with E-state index in [1.807, 2.05) is 6.92 Å². The largest absolute Gasteiger partial charge is 0.366 e. The maximum absolute atomic E-state index is 14.1. The van der Waals surface area contributed by atoms with Gasteiger partial charge in [-0.3, -0.25) is 9.78 Å². The minimum absolute atomic E-state index is 0.0401. The summed E-state index contributed by atoms with van der Waals surface area (Å²) in [5.41, 5.74) is 8.25. The van der Waals surface area contributed by atoms with E-state index in [2.05, 4.69) is 9.97 Å². The first-order chi connectivity index (χ1) is 12.9. The van der Waals surface area contributed by atoms with Gasteiger partial charge in [-0.25, -0.2) is 13.8 Å². The van der Waals surface area contributed by atoms with E-state index in [4.69, 9.17) is 5.73 Å². The highest BCUT2D eigenvalue weighted by atomic mass is 19.1. The first kappa shape index (κ1) is 18.6. The molecule has 138 valence electrons. The number of hydrogen-bond donors (Lipinski definition) is 1. The van der Waals surface area contributed by atoms with Crippen LogP contribution in [-0.2, 0) is 6.42 Å². The number of benzene rings is 2. The van der Waals surface area contributed by atoms with Gasteiger partial charge in [-0.15, -0.1) is 0 Å². The highest BCUT2D eigenvalue weighted by Gasteiger charge is 2.16. The van der Waals surface area contributed by atoms with Crippen LogP contribution in [0.25, 0.3) is 22.5 Å². The topological polar surface area (TPSA) is 68.9 Å². The van der Waals surface area contributed by atoms with Crippen LogP contribution in [0.4, 0.5) is 8.78 Å². The van der Waals surface area contributed by atoms with Gasteiger partial charge in [0.2, 0.25) is 5.91 Å². The zero-order valence-corrected chi connectivity index (χ0v) is 15.1. The van der Waals surface area contributed by atoms with E-state index < -0.39 is 17.5 Å². The molecule has 2 N–H and O–H groups in total. The van der Waals surface area contributed by atoms with Gasteiger partial charge in [0.15, 0.2) is 0 Å². The molecule has 0 bridgehead atoms. The SMILES string of the molecule is CCCc1cnc(-c2cc(F)c(C)c(F)c2)c(-c2ccc(C(N)=O)cc2)n1. The zero-order chi connectivity index (χ0) is 19.6. The van der Waals surface area contributed by atoms with Gasteiger partial charge in [0.25, 0.3) is 0 Å². The second-order valence-corrected chi connectivity index (χ2v) is 6.32. The second kappa shape index (κ2) is 7.61. The Morgan fingerprint density at radius 3 is 2.22 bits per heavy atom. The van der Waals surface area contributed by atoms with Crippen LogP contribution < -0.4 is 5.73 Å². The number of carbonyl (C=O) groups is 1. The van der Waals surface area contributed by atoms with E-state index in [-0.39, 0.29) is 5.56 Å². The lowest BCUT2D eigenvalue weighted by Crippen LogP contribution is -2.10. The Balaban J connectivity index is 2.18. The molecule has 3 rings (SSSR count). The third-order valence-corrected chi connectivity index (χ3v) is 4.33. The number of amides is 1. The highest BCUT2D eigenvalue weighted by Crippen LogP contribution is 2.31. The summed E-state index contributed by atoms with van der Waals surface area (Å²) in [4.78, 5) is 20.4. The van der Waals surface area contributed by atoms with Gasteiger partial charge in [-0.2, -0.15) is 0 Å². The van der Waals surface area contributed by atoms with Crippen molar-refractivity contribution < 1.29 is 13.6 Å². The molecule has 0 saturated carbocycles. The molecular weight excluding hydrogens is 348 g/mol. The first-order valence-corrected chi connectivity index (χ1v) is 8.63. The number of halogens is 2. The van der Waals surface area contributed by atoms with Gasteiger partial charge in [0.1, 0.15) is 11.6 Å². The predicted molar refractivity (Wildman–Crippen MR) is 100 cm³/mol. The van der Waals surface area contributed by atoms with Crippen molar-refractivity contribution >= 4 is 5.91 Å². The molecule has 4 nitrogen and oxygen atoms in total. The Morgan fingerprint density at radius 1 is 1.04 bits per heavy atom. The molecule has 0 unspecified atom stereocenters. The van der Waals surface area contributed by atoms with Crippen molar-refractivity contribution in [2.75, 3.05) is 0 Å². The third kappa shape index (κ3) is 3.84. The molecule has 3 aromatic rings. The quantitative estimate of drug-likeness (QED) is 0.724. The zero-order valence-electron chi connectivity index (χ0n) is 15.1. The van der Waals surface area contributed by atoms with Crippen LogP contribution in [0.15, 0.2) is 42.6 Å². The normalized spacial score (nSPS) is 10.8. The van der Waals surface area contributed by atoms with Crippen LogP contribution in [0, 0.1) is 18.6 Å². The minimum atomic E-state index is -0.639. The van der Waals surface area contributed by atoms with Crippen LogP contribution in [0.2, 0.25) is 0 Å². The summed E-state index contributed by atoms with van der Waals surface area (Å²) in [6.07, 6.45) is 3.24. The fourth-order valence-corrected chi connectivity index (χ4v) is 2.79. The molecule has 1 heterocycles. The van der Waals surface area contributed by atoms with Crippen LogP contribution >= 0.6 is 0 Å². The molecule has 1 aromatic heterocycles. The third-order valence-electron chi connectivity index (χ3n) is 4.33. The van der Waals surface area contributed by atoms with E-state index >= 15 is 0 Å². The number of carbonyl (C=O) groups excluding carboxylic acids is 1. The Morgan fingerprint density at radius 2 is 1.67 bits per heavy atom. The molecule has 0 fully saturated rings. The van der Waals surface area contributed by atoms with Gasteiger partial charge < -0.3 is 5.73 Å². The minimum Gasteiger partial charge on any atom is -0.366 e. The number of nitrogens with zero attached hydrogens (tertiary/aromatic N) is 2. The Hall–Kier alpha value is -3.15. The van der Waals surface area contributed by atoms with Crippen molar-refractivity contribution in [3.63, 3.8) is 0 Å². The maximum Gasteiger partial charge on any atom is 0.248 e. The van der Waals surface area contributed by atoms with Crippen molar-refractivity contribution in [1.82, 2.24) is 9.97 Å². The van der Waals surface area contributed by atoms with Gasteiger partial charge >= 0.3 is 0 Å². The lowest BCUT2D eigenvalue weighted by Gasteiger charge is -2.12. The predicted octanol–water partition coefficient (Wildman–Crippen LogP) is 4.45. The van der Waals surface area contributed by atoms with Gasteiger partial charge in [0, 0.05) is 28.5 Å². The van der Waals surface area contributed by atoms with Gasteiger partial charge in [-0.05, 0) is 37.6 Å². The number of primary amides is 1. The van der Waals surface area contributed by atoms with Gasteiger partial charge in [0.05, 0.1) is 17.1 Å². The fourth-order valence-electron chi connectivity index (χ4n) is 2.79. The molecule has 1 amide bonds. The summed E-state index contributed by atoms with van der Waals surface area (Å²) in [7, 11) is 0. The molecule has 2 aromatic carbocycles. The van der Waals surface area contributed by atoms with E-state index in [9.17, 15) is 13.6 Å². The molecule has 27 heavy (non-hydrogen) atoms. The summed E-state index contributed by atoms with van der Waals surface area (Å²) in [5.74, 6) is -1.81. The maximum atomic E-state index is 14.1. The molecule has 6 heteroatoms. The molecular formula is C21H19F2N3O. The van der Waals surface area contributed by atoms with Crippen molar-refractivity contribution in [2.45, 2.75) is 26.7 Å². The van der Waals surface area contributed by atoms with Crippen LogP contribution in [0.5, 0.6) is 0 Å². The Labute approximate surface area is 156 Å².